The summed E-state index contributed by atoms with van der Waals surface area (Å²) in [5.41, 5.74) is 4.78. The fourth-order valence-electron chi connectivity index (χ4n) is 5.82. The lowest BCUT2D eigenvalue weighted by atomic mass is 9.85. The molecule has 0 aliphatic carbocycles. The van der Waals surface area contributed by atoms with Gasteiger partial charge in [-0.25, -0.2) is 9.97 Å². The summed E-state index contributed by atoms with van der Waals surface area (Å²) in [6, 6.07) is 19.9. The fraction of sp³-hybridized carbons (Fsp3) is 0.419. The second-order valence-corrected chi connectivity index (χ2v) is 14.3. The molecule has 4 rings (SSSR count). The van der Waals surface area contributed by atoms with E-state index in [9.17, 15) is 19.5 Å². The predicted molar refractivity (Wildman–Crippen MR) is 205 cm³/mol. The quantitative estimate of drug-likeness (QED) is 0.0731. The van der Waals surface area contributed by atoms with Gasteiger partial charge in [0.1, 0.15) is 17.5 Å². The highest BCUT2D eigenvalue weighted by molar-refractivity contribution is 6.01. The summed E-state index contributed by atoms with van der Waals surface area (Å²) < 4.78 is 11.7. The van der Waals surface area contributed by atoms with Crippen molar-refractivity contribution < 1.29 is 29.0 Å². The molecule has 52 heavy (non-hydrogen) atoms. The highest BCUT2D eigenvalue weighted by atomic mass is 16.5. The second-order valence-electron chi connectivity index (χ2n) is 14.3. The largest absolute Gasteiger partial charge is 0.494 e. The number of amides is 1. The van der Waals surface area contributed by atoms with Crippen molar-refractivity contribution in [1.29, 1.82) is 0 Å². The van der Waals surface area contributed by atoms with Crippen molar-refractivity contribution in [3.05, 3.63) is 95.8 Å². The van der Waals surface area contributed by atoms with Gasteiger partial charge in [0, 0.05) is 35.9 Å². The third-order valence-electron chi connectivity index (χ3n) is 9.03. The number of carbonyl (C=O) groups excluding carboxylic acids is 2. The Balaban J connectivity index is 1.45. The van der Waals surface area contributed by atoms with Gasteiger partial charge >= 0.3 is 5.97 Å². The van der Waals surface area contributed by atoms with E-state index >= 15 is 0 Å². The Kier molecular flexibility index (Phi) is 14.5. The molecule has 1 aromatic heterocycles. The van der Waals surface area contributed by atoms with Crippen LogP contribution in [0.1, 0.15) is 102 Å². The van der Waals surface area contributed by atoms with Crippen molar-refractivity contribution in [2.45, 2.75) is 97.9 Å². The maximum atomic E-state index is 13.7. The number of carboxylic acid groups (broad SMARTS) is 1. The first-order valence-electron chi connectivity index (χ1n) is 18.4. The molecule has 0 saturated heterocycles. The number of aliphatic carboxylic acids is 1. The first-order chi connectivity index (χ1) is 24.9. The first-order valence-corrected chi connectivity index (χ1v) is 18.4. The van der Waals surface area contributed by atoms with Crippen LogP contribution in [-0.2, 0) is 21.4 Å². The van der Waals surface area contributed by atoms with E-state index in [0.29, 0.717) is 23.7 Å². The van der Waals surface area contributed by atoms with E-state index in [1.165, 1.54) is 32.6 Å². The molecule has 0 bridgehead atoms. The standard InChI is InChI=1S/C43H53N3O6/c1-7-9-10-11-12-23-52-36-20-17-31(18-21-36)34-27-44-40(45-28-34)32-15-13-30(14-16-32)24-33(41(48)46-29(3)42(49)50)25-38(47)37-22-19-35(43(4,5)6)26-39(37)51-8-2/h13-22,26-29,33H,7-12,23-25H2,1-6H3,(H,46,48)(H,49,50)/t29-,33-/m1/s1. The molecule has 276 valence electrons. The Bertz CT molecular complexity index is 1760. The summed E-state index contributed by atoms with van der Waals surface area (Å²) in [5.74, 6) is -0.838. The van der Waals surface area contributed by atoms with Crippen LogP contribution in [0.15, 0.2) is 79.1 Å². The molecule has 2 atom stereocenters. The van der Waals surface area contributed by atoms with Gasteiger partial charge in [-0.3, -0.25) is 14.4 Å². The van der Waals surface area contributed by atoms with E-state index in [0.717, 1.165) is 46.6 Å². The zero-order valence-corrected chi connectivity index (χ0v) is 31.4. The van der Waals surface area contributed by atoms with Crippen LogP contribution in [0.2, 0.25) is 0 Å². The predicted octanol–water partition coefficient (Wildman–Crippen LogP) is 8.88. The number of ketones is 1. The molecule has 0 unspecified atom stereocenters. The molecule has 9 heteroatoms. The van der Waals surface area contributed by atoms with Crippen LogP contribution in [0.5, 0.6) is 11.5 Å². The molecular formula is C43H53N3O6. The van der Waals surface area contributed by atoms with E-state index in [4.69, 9.17) is 9.47 Å². The van der Waals surface area contributed by atoms with Crippen LogP contribution >= 0.6 is 0 Å². The highest BCUT2D eigenvalue weighted by Crippen LogP contribution is 2.31. The molecule has 0 aliphatic heterocycles. The Morgan fingerprint density at radius 3 is 2.08 bits per heavy atom. The minimum absolute atomic E-state index is 0.119. The number of ether oxygens (including phenoxy) is 2. The topological polar surface area (TPSA) is 128 Å². The summed E-state index contributed by atoms with van der Waals surface area (Å²) in [4.78, 5) is 47.8. The lowest BCUT2D eigenvalue weighted by molar-refractivity contribution is -0.141. The number of unbranched alkanes of at least 4 members (excludes halogenated alkanes) is 4. The van der Waals surface area contributed by atoms with Crippen LogP contribution < -0.4 is 14.8 Å². The zero-order chi connectivity index (χ0) is 37.7. The van der Waals surface area contributed by atoms with Crippen molar-refractivity contribution >= 4 is 17.7 Å². The zero-order valence-electron chi connectivity index (χ0n) is 31.4. The molecule has 4 aromatic rings. The van der Waals surface area contributed by atoms with Crippen LogP contribution in [0, 0.1) is 5.92 Å². The molecule has 9 nitrogen and oxygen atoms in total. The smallest absolute Gasteiger partial charge is 0.325 e. The molecule has 3 aromatic carbocycles. The van der Waals surface area contributed by atoms with Gasteiger partial charge < -0.3 is 19.9 Å². The summed E-state index contributed by atoms with van der Waals surface area (Å²) in [6.45, 7) is 12.8. The van der Waals surface area contributed by atoms with Crippen LogP contribution in [-0.4, -0.2) is 52.0 Å². The van der Waals surface area contributed by atoms with E-state index in [-0.39, 0.29) is 24.0 Å². The molecule has 0 aliphatic rings. The molecule has 1 amide bonds. The number of benzene rings is 3. The highest BCUT2D eigenvalue weighted by Gasteiger charge is 2.28. The van der Waals surface area contributed by atoms with Gasteiger partial charge in [-0.1, -0.05) is 95.8 Å². The molecule has 0 radical (unpaired) electrons. The van der Waals surface area contributed by atoms with Gasteiger partial charge in [-0.2, -0.15) is 0 Å². The molecule has 0 spiro atoms. The number of hydrogen-bond acceptors (Lipinski definition) is 7. The number of nitrogens with one attached hydrogen (secondary N) is 1. The van der Waals surface area contributed by atoms with Crippen LogP contribution in [0.4, 0.5) is 0 Å². The maximum absolute atomic E-state index is 13.7. The molecule has 0 saturated carbocycles. The normalized spacial score (nSPS) is 12.5. The third kappa shape index (κ3) is 11.5. The van der Waals surface area contributed by atoms with Gasteiger partial charge in [0.15, 0.2) is 11.6 Å². The van der Waals surface area contributed by atoms with Gasteiger partial charge in [0.2, 0.25) is 5.91 Å². The lowest BCUT2D eigenvalue weighted by Gasteiger charge is -2.22. The number of aromatic nitrogens is 2. The second kappa shape index (κ2) is 19.0. The first kappa shape index (κ1) is 39.7. The van der Waals surface area contributed by atoms with Crippen molar-refractivity contribution in [1.82, 2.24) is 15.3 Å². The average Bonchev–Trinajstić information content (AvgIpc) is 3.13. The van der Waals surface area contributed by atoms with Crippen molar-refractivity contribution in [2.75, 3.05) is 13.2 Å². The van der Waals surface area contributed by atoms with Crippen LogP contribution in [0.3, 0.4) is 0 Å². The Hall–Kier alpha value is -5.05. The van der Waals surface area contributed by atoms with E-state index < -0.39 is 23.8 Å². The SMILES string of the molecule is CCCCCCCOc1ccc(-c2cnc(-c3ccc(C[C@H](CC(=O)c4ccc(C(C)(C)C)cc4OCC)C(=O)N[C@H](C)C(=O)O)cc3)nc2)cc1. The van der Waals surface area contributed by atoms with Crippen molar-refractivity contribution in [3.63, 3.8) is 0 Å². The van der Waals surface area contributed by atoms with E-state index in [1.54, 1.807) is 18.5 Å². The monoisotopic (exact) mass is 707 g/mol. The molecule has 0 fully saturated rings. The Labute approximate surface area is 308 Å². The number of hydrogen-bond donors (Lipinski definition) is 2. The van der Waals surface area contributed by atoms with Crippen LogP contribution in [0.25, 0.3) is 22.5 Å². The van der Waals surface area contributed by atoms with Crippen molar-refractivity contribution in [3.8, 4) is 34.0 Å². The minimum Gasteiger partial charge on any atom is -0.494 e. The summed E-state index contributed by atoms with van der Waals surface area (Å²) in [5, 5.41) is 12.0. The minimum atomic E-state index is -1.15. The molecule has 1 heterocycles. The molecule has 2 N–H and O–H groups in total. The van der Waals surface area contributed by atoms with Crippen molar-refractivity contribution in [2.24, 2.45) is 5.92 Å². The third-order valence-corrected chi connectivity index (χ3v) is 9.03. The summed E-state index contributed by atoms with van der Waals surface area (Å²) >= 11 is 0. The average molecular weight is 708 g/mol. The number of carbonyl (C=O) groups is 3. The fourth-order valence-corrected chi connectivity index (χ4v) is 5.82. The Morgan fingerprint density at radius 2 is 1.46 bits per heavy atom. The van der Waals surface area contributed by atoms with Gasteiger partial charge in [-0.15, -0.1) is 0 Å². The summed E-state index contributed by atoms with van der Waals surface area (Å²) in [7, 11) is 0. The molecular weight excluding hydrogens is 654 g/mol. The van der Waals surface area contributed by atoms with E-state index in [2.05, 4.69) is 43.0 Å². The van der Waals surface area contributed by atoms with Gasteiger partial charge in [0.05, 0.1) is 18.8 Å². The Morgan fingerprint density at radius 1 is 0.808 bits per heavy atom. The maximum Gasteiger partial charge on any atom is 0.325 e. The van der Waals surface area contributed by atoms with Gasteiger partial charge in [0.25, 0.3) is 0 Å². The van der Waals surface area contributed by atoms with Gasteiger partial charge in [-0.05, 0) is 73.1 Å². The number of rotatable bonds is 19. The number of carboxylic acids is 1. The number of Topliss-reactive ketones (excluding diaryl/α,β-unsaturated/α-hetero) is 1. The lowest BCUT2D eigenvalue weighted by Crippen LogP contribution is -2.42. The number of nitrogens with zero attached hydrogens (tertiary/aromatic N) is 2. The van der Waals surface area contributed by atoms with E-state index in [1.807, 2.05) is 67.6 Å². The summed E-state index contributed by atoms with van der Waals surface area (Å²) in [6.07, 6.45) is 9.69.